The lowest BCUT2D eigenvalue weighted by atomic mass is 9.97. The van der Waals surface area contributed by atoms with Gasteiger partial charge >= 0.3 is 0 Å². The molecular formula is C22H29N3O2. The number of piperidine rings is 1. The van der Waals surface area contributed by atoms with Gasteiger partial charge in [0.1, 0.15) is 11.4 Å². The first kappa shape index (κ1) is 19.4. The first-order chi connectivity index (χ1) is 13.2. The lowest BCUT2D eigenvalue weighted by Crippen LogP contribution is -2.42. The third-order valence-electron chi connectivity index (χ3n) is 5.24. The van der Waals surface area contributed by atoms with Crippen LogP contribution in [0.1, 0.15) is 28.9 Å². The summed E-state index contributed by atoms with van der Waals surface area (Å²) in [7, 11) is 3.58. The second-order valence-corrected chi connectivity index (χ2v) is 7.31. The molecule has 1 aromatic carbocycles. The van der Waals surface area contributed by atoms with E-state index in [-0.39, 0.29) is 5.91 Å². The van der Waals surface area contributed by atoms with Crippen molar-refractivity contribution >= 4 is 5.91 Å². The number of methoxy groups -OCH3 is 1. The fourth-order valence-corrected chi connectivity index (χ4v) is 3.74. The highest BCUT2D eigenvalue weighted by atomic mass is 16.5. The molecule has 27 heavy (non-hydrogen) atoms. The molecule has 0 unspecified atom stereocenters. The van der Waals surface area contributed by atoms with Gasteiger partial charge in [0.25, 0.3) is 5.91 Å². The summed E-state index contributed by atoms with van der Waals surface area (Å²) in [6.45, 7) is 4.04. The minimum atomic E-state index is 0.00552. The van der Waals surface area contributed by atoms with Gasteiger partial charge in [0.15, 0.2) is 0 Å². The Morgan fingerprint density at radius 3 is 2.78 bits per heavy atom. The molecule has 1 aromatic heterocycles. The Hall–Kier alpha value is -2.40. The van der Waals surface area contributed by atoms with Crippen LogP contribution in [-0.4, -0.2) is 61.0 Å². The predicted molar refractivity (Wildman–Crippen MR) is 107 cm³/mol. The fraction of sp³-hybridized carbons (Fsp3) is 0.455. The third kappa shape index (κ3) is 5.54. The smallest absolute Gasteiger partial charge is 0.272 e. The van der Waals surface area contributed by atoms with Crippen molar-refractivity contribution < 1.29 is 9.53 Å². The van der Waals surface area contributed by atoms with Gasteiger partial charge in [-0.1, -0.05) is 18.2 Å². The normalized spacial score (nSPS) is 17.5. The topological polar surface area (TPSA) is 45.7 Å². The molecule has 1 aliphatic heterocycles. The quantitative estimate of drug-likeness (QED) is 0.754. The molecular weight excluding hydrogens is 338 g/mol. The SMILES string of the molecule is COc1ccc(CCN2CCC[C@H](CN(C)C(=O)c3ccccn3)C2)cc1. The molecule has 2 heterocycles. The molecule has 1 fully saturated rings. The third-order valence-corrected chi connectivity index (χ3v) is 5.24. The molecule has 3 rings (SSSR count). The molecule has 2 aromatic rings. The molecule has 0 aliphatic carbocycles. The zero-order valence-corrected chi connectivity index (χ0v) is 16.3. The number of pyridine rings is 1. The Kier molecular flexibility index (Phi) is 6.82. The van der Waals surface area contributed by atoms with Crippen molar-refractivity contribution in [2.24, 2.45) is 5.92 Å². The largest absolute Gasteiger partial charge is 0.497 e. The van der Waals surface area contributed by atoms with Crippen LogP contribution >= 0.6 is 0 Å². The maximum Gasteiger partial charge on any atom is 0.272 e. The number of rotatable bonds is 7. The molecule has 0 saturated carbocycles. The highest BCUT2D eigenvalue weighted by Gasteiger charge is 2.23. The van der Waals surface area contributed by atoms with E-state index in [0.717, 1.165) is 38.3 Å². The van der Waals surface area contributed by atoms with Crippen molar-refractivity contribution in [2.75, 3.05) is 40.3 Å². The number of carbonyl (C=O) groups is 1. The van der Waals surface area contributed by atoms with Gasteiger partial charge in [0.2, 0.25) is 0 Å². The Morgan fingerprint density at radius 1 is 1.26 bits per heavy atom. The van der Waals surface area contributed by atoms with E-state index in [9.17, 15) is 4.79 Å². The Balaban J connectivity index is 1.47. The van der Waals surface area contributed by atoms with Gasteiger partial charge in [0.05, 0.1) is 7.11 Å². The van der Waals surface area contributed by atoms with E-state index in [0.29, 0.717) is 11.6 Å². The molecule has 1 amide bonds. The summed E-state index contributed by atoms with van der Waals surface area (Å²) in [6.07, 6.45) is 5.08. The van der Waals surface area contributed by atoms with E-state index >= 15 is 0 Å². The zero-order valence-electron chi connectivity index (χ0n) is 16.3. The molecule has 5 nitrogen and oxygen atoms in total. The fourth-order valence-electron chi connectivity index (χ4n) is 3.74. The number of ether oxygens (including phenoxy) is 1. The molecule has 1 atom stereocenters. The average molecular weight is 367 g/mol. The average Bonchev–Trinajstić information content (AvgIpc) is 2.73. The molecule has 144 valence electrons. The van der Waals surface area contributed by atoms with Crippen LogP contribution in [0, 0.1) is 5.92 Å². The zero-order chi connectivity index (χ0) is 19.1. The van der Waals surface area contributed by atoms with E-state index in [1.165, 1.54) is 18.4 Å². The van der Waals surface area contributed by atoms with Crippen LogP contribution in [0.25, 0.3) is 0 Å². The molecule has 0 spiro atoms. The summed E-state index contributed by atoms with van der Waals surface area (Å²) in [4.78, 5) is 21.0. The molecule has 5 heteroatoms. The highest BCUT2D eigenvalue weighted by Crippen LogP contribution is 2.19. The lowest BCUT2D eigenvalue weighted by molar-refractivity contribution is 0.0725. The number of amides is 1. The van der Waals surface area contributed by atoms with Crippen molar-refractivity contribution in [3.8, 4) is 5.75 Å². The Labute approximate surface area is 162 Å². The van der Waals surface area contributed by atoms with Crippen LogP contribution < -0.4 is 4.74 Å². The van der Waals surface area contributed by atoms with Gasteiger partial charge in [-0.05, 0) is 61.6 Å². The monoisotopic (exact) mass is 367 g/mol. The maximum absolute atomic E-state index is 12.5. The number of carbonyl (C=O) groups excluding carboxylic acids is 1. The number of aromatic nitrogens is 1. The number of likely N-dealkylation sites (tertiary alicyclic amines) is 1. The first-order valence-corrected chi connectivity index (χ1v) is 9.67. The summed E-state index contributed by atoms with van der Waals surface area (Å²) in [5, 5.41) is 0. The second kappa shape index (κ2) is 9.51. The van der Waals surface area contributed by atoms with Crippen LogP contribution in [0.5, 0.6) is 5.75 Å². The van der Waals surface area contributed by atoms with E-state index < -0.39 is 0 Å². The molecule has 1 saturated heterocycles. The number of benzene rings is 1. The van der Waals surface area contributed by atoms with E-state index in [4.69, 9.17) is 4.74 Å². The highest BCUT2D eigenvalue weighted by molar-refractivity contribution is 5.92. The summed E-state index contributed by atoms with van der Waals surface area (Å²) in [5.41, 5.74) is 1.85. The summed E-state index contributed by atoms with van der Waals surface area (Å²) >= 11 is 0. The minimum absolute atomic E-state index is 0.00552. The standard InChI is InChI=1S/C22H29N3O2/c1-24(22(26)21-7-3-4-13-23-21)16-19-6-5-14-25(17-19)15-12-18-8-10-20(27-2)11-9-18/h3-4,7-11,13,19H,5-6,12,14-17H2,1-2H3/t19-/m1/s1. The predicted octanol–water partition coefficient (Wildman–Crippen LogP) is 3.12. The van der Waals surface area contributed by atoms with E-state index in [1.54, 1.807) is 19.4 Å². The number of nitrogens with zero attached hydrogens (tertiary/aromatic N) is 3. The molecule has 0 N–H and O–H groups in total. The van der Waals surface area contributed by atoms with Crippen molar-refractivity contribution in [3.05, 3.63) is 59.9 Å². The van der Waals surface area contributed by atoms with E-state index in [1.807, 2.05) is 36.2 Å². The van der Waals surface area contributed by atoms with Crippen molar-refractivity contribution in [2.45, 2.75) is 19.3 Å². The first-order valence-electron chi connectivity index (χ1n) is 9.67. The molecule has 0 radical (unpaired) electrons. The Bertz CT molecular complexity index is 718. The minimum Gasteiger partial charge on any atom is -0.497 e. The summed E-state index contributed by atoms with van der Waals surface area (Å²) in [5.74, 6) is 1.43. The second-order valence-electron chi connectivity index (χ2n) is 7.31. The van der Waals surface area contributed by atoms with Gasteiger partial charge in [-0.25, -0.2) is 0 Å². The van der Waals surface area contributed by atoms with Gasteiger partial charge in [-0.2, -0.15) is 0 Å². The van der Waals surface area contributed by atoms with Gasteiger partial charge in [0, 0.05) is 32.9 Å². The van der Waals surface area contributed by atoms with Crippen LogP contribution in [0.3, 0.4) is 0 Å². The number of hydrogen-bond acceptors (Lipinski definition) is 4. The van der Waals surface area contributed by atoms with Gasteiger partial charge in [-0.15, -0.1) is 0 Å². The van der Waals surface area contributed by atoms with Crippen molar-refractivity contribution in [3.63, 3.8) is 0 Å². The van der Waals surface area contributed by atoms with Crippen LogP contribution in [0.4, 0.5) is 0 Å². The van der Waals surface area contributed by atoms with Crippen molar-refractivity contribution in [1.82, 2.24) is 14.8 Å². The molecule has 0 bridgehead atoms. The molecule has 1 aliphatic rings. The summed E-state index contributed by atoms with van der Waals surface area (Å²) in [6, 6.07) is 13.8. The van der Waals surface area contributed by atoms with Crippen molar-refractivity contribution in [1.29, 1.82) is 0 Å². The van der Waals surface area contributed by atoms with Gasteiger partial charge in [-0.3, -0.25) is 9.78 Å². The van der Waals surface area contributed by atoms with Gasteiger partial charge < -0.3 is 14.5 Å². The van der Waals surface area contributed by atoms with Crippen LogP contribution in [-0.2, 0) is 6.42 Å². The lowest BCUT2D eigenvalue weighted by Gasteiger charge is -2.34. The van der Waals surface area contributed by atoms with E-state index in [2.05, 4.69) is 22.0 Å². The number of hydrogen-bond donors (Lipinski definition) is 0. The summed E-state index contributed by atoms with van der Waals surface area (Å²) < 4.78 is 5.22. The maximum atomic E-state index is 12.5. The Morgan fingerprint density at radius 2 is 2.07 bits per heavy atom. The van der Waals surface area contributed by atoms with Crippen LogP contribution in [0.2, 0.25) is 0 Å². The van der Waals surface area contributed by atoms with Crippen LogP contribution in [0.15, 0.2) is 48.7 Å².